The summed E-state index contributed by atoms with van der Waals surface area (Å²) in [6.07, 6.45) is 8.88. The van der Waals surface area contributed by atoms with E-state index in [0.717, 1.165) is 38.5 Å². The van der Waals surface area contributed by atoms with Crippen molar-refractivity contribution in [2.24, 2.45) is 40.4 Å². The fourth-order valence-corrected chi connectivity index (χ4v) is 12.3. The Morgan fingerprint density at radius 1 is 0.960 bits per heavy atom. The van der Waals surface area contributed by atoms with E-state index in [2.05, 4.69) is 41.7 Å². The Labute approximate surface area is 297 Å². The van der Waals surface area contributed by atoms with Crippen LogP contribution < -0.4 is 21.3 Å². The van der Waals surface area contributed by atoms with Gasteiger partial charge < -0.3 is 26.2 Å². The van der Waals surface area contributed by atoms with E-state index < -0.39 is 67.8 Å². The third-order valence-corrected chi connectivity index (χ3v) is 15.4. The van der Waals surface area contributed by atoms with Crippen molar-refractivity contribution in [2.45, 2.75) is 128 Å². The van der Waals surface area contributed by atoms with Crippen molar-refractivity contribution in [2.75, 3.05) is 18.8 Å². The number of nitrogens with zero attached hydrogens (tertiary/aromatic N) is 1. The number of fused-ring (bicyclic) bond motifs is 2. The second kappa shape index (κ2) is 13.2. The molecule has 0 spiro atoms. The van der Waals surface area contributed by atoms with E-state index in [1.165, 1.54) is 6.08 Å². The average Bonchev–Trinajstić information content (AvgIpc) is 3.94. The summed E-state index contributed by atoms with van der Waals surface area (Å²) in [6.45, 7) is 13.9. The van der Waals surface area contributed by atoms with Crippen LogP contribution in [0.15, 0.2) is 12.7 Å². The van der Waals surface area contributed by atoms with E-state index in [1.54, 1.807) is 4.90 Å². The monoisotopic (exact) mass is 715 g/mol. The first-order valence-electron chi connectivity index (χ1n) is 18.8. The fraction of sp³-hybridized carbons (Fsp3) is 0.811. The minimum atomic E-state index is -3.39. The van der Waals surface area contributed by atoms with Crippen LogP contribution in [0.2, 0.25) is 0 Å². The van der Waals surface area contributed by atoms with E-state index >= 15 is 0 Å². The molecule has 0 aromatic heterocycles. The number of carbonyl (C=O) groups excluding carboxylic acids is 5. The van der Waals surface area contributed by atoms with Gasteiger partial charge in [-0.15, -0.1) is 6.58 Å². The number of carbonyl (C=O) groups is 5. The normalized spacial score (nSPS) is 33.9. The number of rotatable bonds is 11. The van der Waals surface area contributed by atoms with Gasteiger partial charge in [-0.1, -0.05) is 66.4 Å². The van der Waals surface area contributed by atoms with Gasteiger partial charge in [-0.3, -0.25) is 19.2 Å². The number of likely N-dealkylation sites (tertiary alicyclic amines) is 1. The molecule has 4 saturated carbocycles. The molecular formula is C37H57N5O7S. The van der Waals surface area contributed by atoms with Gasteiger partial charge in [0.15, 0.2) is 9.84 Å². The molecule has 12 nitrogen and oxygen atoms in total. The Morgan fingerprint density at radius 2 is 1.64 bits per heavy atom. The van der Waals surface area contributed by atoms with Gasteiger partial charge in [-0.25, -0.2) is 13.2 Å². The highest BCUT2D eigenvalue weighted by Gasteiger charge is 2.69. The number of sulfone groups is 1. The predicted molar refractivity (Wildman–Crippen MR) is 188 cm³/mol. The van der Waals surface area contributed by atoms with Gasteiger partial charge in [-0.2, -0.15) is 0 Å². The van der Waals surface area contributed by atoms with Crippen molar-refractivity contribution in [1.29, 1.82) is 0 Å². The van der Waals surface area contributed by atoms with Crippen molar-refractivity contribution in [3.8, 4) is 0 Å². The maximum Gasteiger partial charge on any atom is 0.315 e. The van der Waals surface area contributed by atoms with Crippen molar-refractivity contribution in [3.05, 3.63) is 12.7 Å². The van der Waals surface area contributed by atoms with Crippen LogP contribution in [0.25, 0.3) is 0 Å². The van der Waals surface area contributed by atoms with E-state index in [9.17, 15) is 32.4 Å². The smallest absolute Gasteiger partial charge is 0.315 e. The lowest BCUT2D eigenvalue weighted by molar-refractivity contribution is -0.145. The van der Waals surface area contributed by atoms with Gasteiger partial charge in [0.25, 0.3) is 5.91 Å². The molecular weight excluding hydrogens is 659 g/mol. The second-order valence-electron chi connectivity index (χ2n) is 17.9. The van der Waals surface area contributed by atoms with Gasteiger partial charge in [0.05, 0.1) is 16.5 Å². The molecule has 0 aromatic carbocycles. The van der Waals surface area contributed by atoms with Crippen molar-refractivity contribution in [3.63, 3.8) is 0 Å². The summed E-state index contributed by atoms with van der Waals surface area (Å²) in [5.41, 5.74) is -1.74. The van der Waals surface area contributed by atoms with Gasteiger partial charge in [-0.05, 0) is 78.9 Å². The number of Topliss-reactive ketones (excluding diaryl/α,β-unsaturated/α-hetero) is 1. The molecule has 0 aromatic rings. The lowest BCUT2D eigenvalue weighted by atomic mass is 9.55. The maximum absolute atomic E-state index is 14.7. The number of ketones is 1. The SMILES string of the molecule is C=CCNC(=O)C(=O)C(NC(=O)C1C2CC(C)(C)C2CN1C(=O)C(NC(=O)NC1(C2CCCCS2(=O)=O)CCCCC1)C(C)(C)C)C1C2CC21. The zero-order valence-electron chi connectivity index (χ0n) is 30.4. The first-order valence-corrected chi connectivity index (χ1v) is 20.5. The summed E-state index contributed by atoms with van der Waals surface area (Å²) in [5.74, 6) is -1.63. The highest BCUT2D eigenvalue weighted by atomic mass is 32.2. The molecule has 2 saturated heterocycles. The molecule has 6 rings (SSSR count). The van der Waals surface area contributed by atoms with Crippen LogP contribution in [-0.4, -0.2) is 90.6 Å². The molecule has 4 N–H and O–H groups in total. The predicted octanol–water partition coefficient (Wildman–Crippen LogP) is 2.87. The summed E-state index contributed by atoms with van der Waals surface area (Å²) in [6, 6.07) is -3.40. The first-order chi connectivity index (χ1) is 23.4. The maximum atomic E-state index is 14.7. The molecule has 0 radical (unpaired) electrons. The molecule has 2 aliphatic heterocycles. The van der Waals surface area contributed by atoms with E-state index in [-0.39, 0.29) is 41.4 Å². The van der Waals surface area contributed by atoms with Crippen LogP contribution in [0.1, 0.15) is 98.8 Å². The Kier molecular flexibility index (Phi) is 9.74. The van der Waals surface area contributed by atoms with E-state index in [4.69, 9.17) is 0 Å². The first kappa shape index (κ1) is 36.8. The van der Waals surface area contributed by atoms with Gasteiger partial charge >= 0.3 is 6.03 Å². The number of urea groups is 1. The number of amides is 5. The Balaban J connectivity index is 1.22. The quantitative estimate of drug-likeness (QED) is 0.188. The molecule has 6 fully saturated rings. The number of nitrogens with one attached hydrogen (secondary N) is 4. The number of hydrogen-bond donors (Lipinski definition) is 4. The molecule has 50 heavy (non-hydrogen) atoms. The molecule has 278 valence electrons. The van der Waals surface area contributed by atoms with Crippen LogP contribution in [-0.2, 0) is 29.0 Å². The zero-order chi connectivity index (χ0) is 36.4. The summed E-state index contributed by atoms with van der Waals surface area (Å²) in [5, 5.41) is 10.9. The molecule has 2 heterocycles. The molecule has 0 bridgehead atoms. The third kappa shape index (κ3) is 6.84. The topological polar surface area (TPSA) is 171 Å². The van der Waals surface area contributed by atoms with Crippen LogP contribution >= 0.6 is 0 Å². The number of hydrogen-bond acceptors (Lipinski definition) is 7. The fourth-order valence-electron chi connectivity index (χ4n) is 9.94. The van der Waals surface area contributed by atoms with Crippen LogP contribution in [0.4, 0.5) is 4.79 Å². The molecule has 6 aliphatic rings. The lowest BCUT2D eigenvalue weighted by Crippen LogP contribution is -2.66. The summed E-state index contributed by atoms with van der Waals surface area (Å²) < 4.78 is 26.6. The average molecular weight is 716 g/mol. The summed E-state index contributed by atoms with van der Waals surface area (Å²) >= 11 is 0. The molecule has 4 aliphatic carbocycles. The van der Waals surface area contributed by atoms with Gasteiger partial charge in [0.2, 0.25) is 17.6 Å². The Hall–Kier alpha value is -2.96. The van der Waals surface area contributed by atoms with Crippen molar-refractivity contribution < 1.29 is 32.4 Å². The molecule has 13 heteroatoms. The van der Waals surface area contributed by atoms with Crippen LogP contribution in [0.3, 0.4) is 0 Å². The van der Waals surface area contributed by atoms with Crippen molar-refractivity contribution >= 4 is 39.4 Å². The minimum absolute atomic E-state index is 0.0537. The van der Waals surface area contributed by atoms with E-state index in [0.29, 0.717) is 44.1 Å². The third-order valence-electron chi connectivity index (χ3n) is 13.0. The van der Waals surface area contributed by atoms with Gasteiger partial charge in [0.1, 0.15) is 18.1 Å². The highest BCUT2D eigenvalue weighted by molar-refractivity contribution is 7.92. The van der Waals surface area contributed by atoms with Crippen LogP contribution in [0, 0.1) is 40.4 Å². The lowest BCUT2D eigenvalue weighted by Gasteiger charge is -2.48. The minimum Gasteiger partial charge on any atom is -0.346 e. The van der Waals surface area contributed by atoms with Crippen molar-refractivity contribution in [1.82, 2.24) is 26.2 Å². The molecule has 8 unspecified atom stereocenters. The Morgan fingerprint density at radius 3 is 2.20 bits per heavy atom. The van der Waals surface area contributed by atoms with Gasteiger partial charge in [0, 0.05) is 13.1 Å². The molecule has 8 atom stereocenters. The van der Waals surface area contributed by atoms with E-state index in [1.807, 2.05) is 20.8 Å². The Bertz CT molecular complexity index is 1520. The summed E-state index contributed by atoms with van der Waals surface area (Å²) in [4.78, 5) is 70.4. The largest absolute Gasteiger partial charge is 0.346 e. The standard InChI is InChI=1S/C37H57N5O7S/c1-7-16-38-32(45)29(43)27(26-21-18-22(21)26)39-31(44)28-23-19-36(5,6)24(23)20-42(28)33(46)30(35(2,3)4)40-34(47)41-37(14-10-8-11-15-37)25-13-9-12-17-50(25,48)49/h7,21-28,30H,1,8-20H2,2-6H3,(H,38,45)(H,39,44)(H2,40,41,47). The highest BCUT2D eigenvalue weighted by Crippen LogP contribution is 2.69. The second-order valence-corrected chi connectivity index (χ2v) is 20.2. The zero-order valence-corrected chi connectivity index (χ0v) is 31.2. The van der Waals surface area contributed by atoms with Crippen LogP contribution in [0.5, 0.6) is 0 Å². The molecule has 5 amide bonds. The summed E-state index contributed by atoms with van der Waals surface area (Å²) in [7, 11) is -3.39.